The monoisotopic (exact) mass is 373 g/mol. The van der Waals surface area contributed by atoms with Crippen molar-refractivity contribution in [1.82, 2.24) is 4.98 Å². The number of quaternary nitrogens is 1. The lowest BCUT2D eigenvalue weighted by atomic mass is 10.1. The number of para-hydroxylation sites is 3. The van der Waals surface area contributed by atoms with Crippen LogP contribution in [0.4, 0.5) is 0 Å². The number of fused-ring (bicyclic) bond motifs is 2. The van der Waals surface area contributed by atoms with Gasteiger partial charge in [-0.3, -0.25) is 0 Å². The van der Waals surface area contributed by atoms with E-state index in [1.54, 1.807) is 24.3 Å². The Hall–Kier alpha value is -2.27. The molecule has 1 N–H and O–H groups in total. The molecule has 0 radical (unpaired) electrons. The van der Waals surface area contributed by atoms with Crippen molar-refractivity contribution >= 4 is 18.7 Å². The molecule has 7 heteroatoms. The van der Waals surface area contributed by atoms with Gasteiger partial charge in [-0.1, -0.05) is 30.3 Å². The minimum Gasteiger partial charge on any atom is -0.391 e. The maximum absolute atomic E-state index is 12.6. The summed E-state index contributed by atoms with van der Waals surface area (Å²) in [6.07, 6.45) is 2.93. The van der Waals surface area contributed by atoms with E-state index < -0.39 is 7.82 Å². The summed E-state index contributed by atoms with van der Waals surface area (Å²) >= 11 is 0. The van der Waals surface area contributed by atoms with Gasteiger partial charge in [-0.15, -0.1) is 0 Å². The average Bonchev–Trinajstić information content (AvgIpc) is 3.19. The van der Waals surface area contributed by atoms with Crippen LogP contribution >= 0.6 is 7.82 Å². The number of benzene rings is 2. The molecule has 0 amide bonds. The maximum Gasteiger partial charge on any atom is 0.592 e. The first-order chi connectivity index (χ1) is 12.4. The maximum atomic E-state index is 12.6. The standard InChI is InChI=1S/C19H22N2O4P/c1-21(2,12-11-15-13-20-17-8-4-3-7-16(15)17)14-23-26(22)24-18-9-5-6-10-19(18)25-26/h3-10,13,20H,11-12,14H2,1-2H3/q+1. The van der Waals surface area contributed by atoms with Crippen LogP contribution in [0.5, 0.6) is 11.5 Å². The van der Waals surface area contributed by atoms with Crippen molar-refractivity contribution in [2.75, 3.05) is 27.4 Å². The first kappa shape index (κ1) is 17.2. The molecule has 2 aromatic carbocycles. The lowest BCUT2D eigenvalue weighted by Crippen LogP contribution is -2.43. The molecule has 1 aliphatic heterocycles. The molecule has 1 aliphatic rings. The van der Waals surface area contributed by atoms with Crippen molar-refractivity contribution in [1.29, 1.82) is 0 Å². The number of nitrogens with zero attached hydrogens (tertiary/aromatic N) is 1. The van der Waals surface area contributed by atoms with Crippen molar-refractivity contribution < 1.29 is 22.6 Å². The van der Waals surface area contributed by atoms with Gasteiger partial charge >= 0.3 is 7.82 Å². The Bertz CT molecular complexity index is 953. The van der Waals surface area contributed by atoms with Gasteiger partial charge < -0.3 is 18.5 Å². The fourth-order valence-electron chi connectivity index (χ4n) is 2.97. The number of nitrogens with one attached hydrogen (secondary N) is 1. The summed E-state index contributed by atoms with van der Waals surface area (Å²) in [7, 11) is 0.471. The van der Waals surface area contributed by atoms with Gasteiger partial charge in [0.2, 0.25) is 0 Å². The zero-order valence-electron chi connectivity index (χ0n) is 14.8. The van der Waals surface area contributed by atoms with Crippen LogP contribution in [0.15, 0.2) is 54.7 Å². The summed E-state index contributed by atoms with van der Waals surface area (Å²) in [6.45, 7) is 1.06. The van der Waals surface area contributed by atoms with E-state index in [0.29, 0.717) is 16.0 Å². The number of likely N-dealkylation sites (N-methyl/N-ethyl adjacent to an activating group) is 1. The van der Waals surface area contributed by atoms with Gasteiger partial charge in [-0.05, 0) is 23.8 Å². The third-order valence-electron chi connectivity index (χ3n) is 4.50. The molecular weight excluding hydrogens is 351 g/mol. The lowest BCUT2D eigenvalue weighted by Gasteiger charge is -2.29. The molecule has 136 valence electrons. The Morgan fingerprint density at radius 2 is 1.69 bits per heavy atom. The fourth-order valence-corrected chi connectivity index (χ4v) is 4.35. The molecule has 0 saturated heterocycles. The van der Waals surface area contributed by atoms with Crippen LogP contribution in [-0.4, -0.2) is 36.8 Å². The number of rotatable bonds is 6. The van der Waals surface area contributed by atoms with E-state index in [2.05, 4.69) is 17.1 Å². The summed E-state index contributed by atoms with van der Waals surface area (Å²) in [5, 5.41) is 1.24. The zero-order chi connectivity index (χ0) is 18.2. The lowest BCUT2D eigenvalue weighted by molar-refractivity contribution is -0.906. The Morgan fingerprint density at radius 1 is 1.04 bits per heavy atom. The van der Waals surface area contributed by atoms with Crippen LogP contribution in [0.2, 0.25) is 0 Å². The van der Waals surface area contributed by atoms with Crippen LogP contribution in [-0.2, 0) is 15.5 Å². The normalized spacial score (nSPS) is 15.5. The van der Waals surface area contributed by atoms with Crippen molar-refractivity contribution in [2.24, 2.45) is 0 Å². The molecule has 4 rings (SSSR count). The van der Waals surface area contributed by atoms with E-state index in [-0.39, 0.29) is 6.73 Å². The minimum atomic E-state index is -3.59. The number of H-pyrrole nitrogens is 1. The van der Waals surface area contributed by atoms with Crippen molar-refractivity contribution in [3.8, 4) is 11.5 Å². The molecule has 0 saturated carbocycles. The summed E-state index contributed by atoms with van der Waals surface area (Å²) in [5.41, 5.74) is 2.40. The van der Waals surface area contributed by atoms with Crippen LogP contribution < -0.4 is 9.05 Å². The first-order valence-corrected chi connectivity index (χ1v) is 10.0. The van der Waals surface area contributed by atoms with Gasteiger partial charge in [0.15, 0.2) is 18.2 Å². The predicted octanol–water partition coefficient (Wildman–Crippen LogP) is 4.34. The molecule has 2 heterocycles. The molecule has 0 fully saturated rings. The fraction of sp³-hybridized carbons (Fsp3) is 0.263. The number of hydrogen-bond donors (Lipinski definition) is 1. The molecule has 3 aromatic rings. The molecule has 0 aliphatic carbocycles. The van der Waals surface area contributed by atoms with E-state index in [1.165, 1.54) is 10.9 Å². The molecule has 0 atom stereocenters. The van der Waals surface area contributed by atoms with E-state index in [4.69, 9.17) is 13.6 Å². The molecule has 6 nitrogen and oxygen atoms in total. The van der Waals surface area contributed by atoms with Gasteiger partial charge in [0.1, 0.15) is 0 Å². The Balaban J connectivity index is 1.37. The van der Waals surface area contributed by atoms with Gasteiger partial charge in [0, 0.05) is 23.5 Å². The highest BCUT2D eigenvalue weighted by molar-refractivity contribution is 7.49. The number of phosphoric acid groups is 1. The highest BCUT2D eigenvalue weighted by Gasteiger charge is 2.40. The third-order valence-corrected chi connectivity index (χ3v) is 5.77. The topological polar surface area (TPSA) is 60.6 Å². The minimum absolute atomic E-state index is 0.230. The highest BCUT2D eigenvalue weighted by atomic mass is 31.2. The van der Waals surface area contributed by atoms with E-state index in [9.17, 15) is 4.57 Å². The molecule has 0 spiro atoms. The van der Waals surface area contributed by atoms with Crippen molar-refractivity contribution in [3.05, 3.63) is 60.3 Å². The zero-order valence-corrected chi connectivity index (χ0v) is 15.7. The van der Waals surface area contributed by atoms with Gasteiger partial charge in [0.25, 0.3) is 0 Å². The van der Waals surface area contributed by atoms with E-state index in [0.717, 1.165) is 18.5 Å². The largest absolute Gasteiger partial charge is 0.592 e. The quantitative estimate of drug-likeness (QED) is 0.397. The Morgan fingerprint density at radius 3 is 2.42 bits per heavy atom. The van der Waals surface area contributed by atoms with Gasteiger partial charge in [-0.25, -0.2) is 9.09 Å². The number of aromatic nitrogens is 1. The van der Waals surface area contributed by atoms with Gasteiger partial charge in [-0.2, -0.15) is 0 Å². The van der Waals surface area contributed by atoms with Crippen LogP contribution in [0.3, 0.4) is 0 Å². The molecule has 1 aromatic heterocycles. The number of phosphoric ester groups is 1. The van der Waals surface area contributed by atoms with E-state index >= 15 is 0 Å². The van der Waals surface area contributed by atoms with Crippen LogP contribution in [0, 0.1) is 0 Å². The van der Waals surface area contributed by atoms with Crippen molar-refractivity contribution in [3.63, 3.8) is 0 Å². The number of hydrogen-bond acceptors (Lipinski definition) is 4. The molecule has 0 unspecified atom stereocenters. The number of aromatic amines is 1. The Labute approximate surface area is 152 Å². The second-order valence-electron chi connectivity index (χ2n) is 7.10. The first-order valence-electron chi connectivity index (χ1n) is 8.54. The molecule has 26 heavy (non-hydrogen) atoms. The summed E-state index contributed by atoms with van der Waals surface area (Å²) in [4.78, 5) is 3.29. The van der Waals surface area contributed by atoms with Crippen LogP contribution in [0.25, 0.3) is 10.9 Å². The van der Waals surface area contributed by atoms with Crippen LogP contribution in [0.1, 0.15) is 5.56 Å². The van der Waals surface area contributed by atoms with Gasteiger partial charge in [0.05, 0.1) is 20.6 Å². The summed E-state index contributed by atoms with van der Waals surface area (Å²) in [5.74, 6) is 0.917. The second kappa shape index (κ2) is 6.47. The predicted molar refractivity (Wildman–Crippen MR) is 100 cm³/mol. The summed E-state index contributed by atoms with van der Waals surface area (Å²) < 4.78 is 29.5. The highest BCUT2D eigenvalue weighted by Crippen LogP contribution is 2.58. The second-order valence-corrected chi connectivity index (χ2v) is 8.62. The van der Waals surface area contributed by atoms with E-state index in [1.807, 2.05) is 32.4 Å². The van der Waals surface area contributed by atoms with Crippen molar-refractivity contribution in [2.45, 2.75) is 6.42 Å². The average molecular weight is 373 g/mol. The SMILES string of the molecule is C[N+](C)(CCc1c[nH]c2ccccc12)COP1(=O)Oc2ccccc2O1. The Kier molecular flexibility index (Phi) is 4.27. The summed E-state index contributed by atoms with van der Waals surface area (Å²) in [6, 6.07) is 15.3. The third kappa shape index (κ3) is 3.49. The smallest absolute Gasteiger partial charge is 0.391 e. The molecule has 0 bridgehead atoms. The molecular formula is C19H22N2O4P+.